The lowest BCUT2D eigenvalue weighted by Crippen LogP contribution is -2.24. The second kappa shape index (κ2) is 7.90. The van der Waals surface area contributed by atoms with E-state index in [9.17, 15) is 18.4 Å². The summed E-state index contributed by atoms with van der Waals surface area (Å²) in [5.41, 5.74) is 0.958. The molecule has 1 aliphatic rings. The predicted molar refractivity (Wildman–Crippen MR) is 107 cm³/mol. The molecule has 0 saturated heterocycles. The number of fused-ring (bicyclic) bond motifs is 2. The van der Waals surface area contributed by atoms with Crippen LogP contribution in [0.1, 0.15) is 40.3 Å². The maximum atomic E-state index is 13.0. The Kier molecular flexibility index (Phi) is 5.31. The lowest BCUT2D eigenvalue weighted by atomic mass is 10.2. The van der Waals surface area contributed by atoms with Gasteiger partial charge in [-0.05, 0) is 49.6 Å². The van der Waals surface area contributed by atoms with E-state index < -0.39 is 6.61 Å². The number of halogens is 2. The smallest absolute Gasteiger partial charge is 0.387 e. The van der Waals surface area contributed by atoms with E-state index in [0.29, 0.717) is 32.9 Å². The molecule has 0 saturated carbocycles. The van der Waals surface area contributed by atoms with Gasteiger partial charge in [0.1, 0.15) is 16.4 Å². The van der Waals surface area contributed by atoms with Gasteiger partial charge in [0, 0.05) is 18.7 Å². The molecule has 9 heteroatoms. The first-order valence-electron chi connectivity index (χ1n) is 9.33. The van der Waals surface area contributed by atoms with Crippen molar-refractivity contribution in [3.63, 3.8) is 0 Å². The summed E-state index contributed by atoms with van der Waals surface area (Å²) in [6.45, 7) is -0.500. The molecule has 29 heavy (non-hydrogen) atoms. The maximum absolute atomic E-state index is 13.0. The van der Waals surface area contributed by atoms with Gasteiger partial charge in [0.25, 0.3) is 11.5 Å². The molecular formula is C20H19F2N3O3S. The number of hydrogen-bond donors (Lipinski definition) is 1. The van der Waals surface area contributed by atoms with Crippen molar-refractivity contribution in [2.45, 2.75) is 45.8 Å². The minimum atomic E-state index is -2.90. The van der Waals surface area contributed by atoms with Gasteiger partial charge in [-0.25, -0.2) is 4.98 Å². The zero-order chi connectivity index (χ0) is 20.5. The molecule has 1 aliphatic heterocycles. The molecule has 1 N–H and O–H groups in total. The third-order valence-corrected chi connectivity index (χ3v) is 6.14. The summed E-state index contributed by atoms with van der Waals surface area (Å²) in [6.07, 6.45) is 3.78. The third kappa shape index (κ3) is 3.87. The highest BCUT2D eigenvalue weighted by Gasteiger charge is 2.22. The van der Waals surface area contributed by atoms with Crippen LogP contribution in [0.4, 0.5) is 14.5 Å². The highest BCUT2D eigenvalue weighted by molar-refractivity contribution is 7.20. The number of benzene rings is 1. The highest BCUT2D eigenvalue weighted by atomic mass is 32.1. The van der Waals surface area contributed by atoms with Crippen molar-refractivity contribution in [3.05, 3.63) is 50.9 Å². The van der Waals surface area contributed by atoms with Crippen LogP contribution in [0, 0.1) is 6.92 Å². The van der Waals surface area contributed by atoms with Gasteiger partial charge in [0.05, 0.1) is 10.3 Å². The van der Waals surface area contributed by atoms with Gasteiger partial charge in [-0.2, -0.15) is 8.78 Å². The zero-order valence-corrected chi connectivity index (χ0v) is 16.5. The van der Waals surface area contributed by atoms with Crippen LogP contribution in [0.25, 0.3) is 10.2 Å². The number of amides is 1. The maximum Gasteiger partial charge on any atom is 0.387 e. The molecule has 0 fully saturated rings. The average molecular weight is 419 g/mol. The number of ether oxygens (including phenoxy) is 1. The minimum Gasteiger partial charge on any atom is -0.435 e. The number of carbonyl (C=O) groups is 1. The molecular weight excluding hydrogens is 400 g/mol. The van der Waals surface area contributed by atoms with Gasteiger partial charge >= 0.3 is 6.61 Å². The topological polar surface area (TPSA) is 73.2 Å². The molecule has 0 radical (unpaired) electrons. The van der Waals surface area contributed by atoms with Gasteiger partial charge in [0.15, 0.2) is 0 Å². The number of thiophene rings is 1. The molecule has 2 aromatic heterocycles. The van der Waals surface area contributed by atoms with Gasteiger partial charge < -0.3 is 10.1 Å². The van der Waals surface area contributed by atoms with Crippen LogP contribution >= 0.6 is 11.3 Å². The largest absolute Gasteiger partial charge is 0.435 e. The molecule has 0 spiro atoms. The van der Waals surface area contributed by atoms with Crippen molar-refractivity contribution in [1.82, 2.24) is 9.55 Å². The molecule has 3 heterocycles. The number of hydrogen-bond acceptors (Lipinski definition) is 5. The first kappa shape index (κ1) is 19.5. The van der Waals surface area contributed by atoms with E-state index in [-0.39, 0.29) is 17.2 Å². The van der Waals surface area contributed by atoms with Crippen molar-refractivity contribution in [1.29, 1.82) is 0 Å². The Labute approximate surface area is 169 Å². The summed E-state index contributed by atoms with van der Waals surface area (Å²) in [7, 11) is 0. The molecule has 0 unspecified atom stereocenters. The van der Waals surface area contributed by atoms with E-state index in [1.807, 2.05) is 0 Å². The number of alkyl halides is 2. The summed E-state index contributed by atoms with van der Waals surface area (Å²) in [6, 6.07) is 5.66. The first-order chi connectivity index (χ1) is 13.9. The van der Waals surface area contributed by atoms with Crippen LogP contribution in [0.15, 0.2) is 29.1 Å². The Morgan fingerprint density at radius 3 is 2.72 bits per heavy atom. The lowest BCUT2D eigenvalue weighted by molar-refractivity contribution is -0.0498. The fourth-order valence-corrected chi connectivity index (χ4v) is 4.62. The Morgan fingerprint density at radius 1 is 1.24 bits per heavy atom. The second-order valence-corrected chi connectivity index (χ2v) is 7.89. The molecule has 6 nitrogen and oxygen atoms in total. The van der Waals surface area contributed by atoms with Crippen molar-refractivity contribution >= 4 is 33.1 Å². The Hall–Kier alpha value is -2.81. The molecule has 0 aliphatic carbocycles. The van der Waals surface area contributed by atoms with Crippen LogP contribution in [0.5, 0.6) is 5.75 Å². The summed E-state index contributed by atoms with van der Waals surface area (Å²) in [4.78, 5) is 31.4. The van der Waals surface area contributed by atoms with Crippen LogP contribution in [-0.4, -0.2) is 22.1 Å². The predicted octanol–water partition coefficient (Wildman–Crippen LogP) is 4.35. The van der Waals surface area contributed by atoms with Gasteiger partial charge in [-0.3, -0.25) is 14.2 Å². The first-order valence-corrected chi connectivity index (χ1v) is 10.1. The van der Waals surface area contributed by atoms with Crippen LogP contribution in [-0.2, 0) is 13.0 Å². The fraction of sp³-hybridized carbons (Fsp3) is 0.350. The van der Waals surface area contributed by atoms with E-state index in [1.54, 1.807) is 11.5 Å². The Morgan fingerprint density at radius 2 is 2.00 bits per heavy atom. The molecule has 0 atom stereocenters. The van der Waals surface area contributed by atoms with Crippen LogP contribution in [0.3, 0.4) is 0 Å². The molecule has 152 valence electrons. The van der Waals surface area contributed by atoms with E-state index in [4.69, 9.17) is 0 Å². The number of nitrogens with zero attached hydrogens (tertiary/aromatic N) is 2. The summed E-state index contributed by atoms with van der Waals surface area (Å²) in [5, 5.41) is 3.22. The molecule has 1 aromatic carbocycles. The quantitative estimate of drug-likeness (QED) is 0.683. The SMILES string of the molecule is Cc1c(C(=O)Nc2ccc(OC(F)F)cc2)sc2nc3n(c(=O)c12)CCCCC3. The monoisotopic (exact) mass is 419 g/mol. The Balaban J connectivity index is 1.64. The van der Waals surface area contributed by atoms with Crippen molar-refractivity contribution in [2.24, 2.45) is 0 Å². The highest BCUT2D eigenvalue weighted by Crippen LogP contribution is 2.29. The molecule has 3 aromatic rings. The van der Waals surface area contributed by atoms with Gasteiger partial charge in [-0.1, -0.05) is 6.42 Å². The van der Waals surface area contributed by atoms with Crippen LogP contribution < -0.4 is 15.6 Å². The number of aryl methyl sites for hydroxylation is 2. The van der Waals surface area contributed by atoms with Crippen LogP contribution in [0.2, 0.25) is 0 Å². The average Bonchev–Trinajstić information content (AvgIpc) is 2.85. The van der Waals surface area contributed by atoms with E-state index in [2.05, 4.69) is 15.0 Å². The fourth-order valence-electron chi connectivity index (χ4n) is 3.53. The molecule has 1 amide bonds. The number of rotatable bonds is 4. The number of aromatic nitrogens is 2. The zero-order valence-electron chi connectivity index (χ0n) is 15.7. The molecule has 4 rings (SSSR count). The standard InChI is InChI=1S/C20H19F2N3O3S/c1-11-15-18(24-14-5-3-2-4-10-25(14)19(15)27)29-16(11)17(26)23-12-6-8-13(9-7-12)28-20(21)22/h6-9,20H,2-5,10H2,1H3,(H,23,26). The van der Waals surface area contributed by atoms with Crippen molar-refractivity contribution in [3.8, 4) is 5.75 Å². The number of anilines is 1. The number of carbonyl (C=O) groups excluding carboxylic acids is 1. The summed E-state index contributed by atoms with van der Waals surface area (Å²) >= 11 is 1.20. The third-order valence-electron chi connectivity index (χ3n) is 4.96. The summed E-state index contributed by atoms with van der Waals surface area (Å²) in [5.74, 6) is 0.421. The van der Waals surface area contributed by atoms with Gasteiger partial charge in [-0.15, -0.1) is 11.3 Å². The number of nitrogens with one attached hydrogen (secondary N) is 1. The lowest BCUT2D eigenvalue weighted by Gasteiger charge is -2.08. The molecule has 0 bridgehead atoms. The normalized spacial score (nSPS) is 13.9. The summed E-state index contributed by atoms with van der Waals surface area (Å²) < 4.78 is 30.5. The minimum absolute atomic E-state index is 0.00904. The Bertz CT molecular complexity index is 1120. The van der Waals surface area contributed by atoms with E-state index in [1.165, 1.54) is 35.6 Å². The van der Waals surface area contributed by atoms with Crippen molar-refractivity contribution < 1.29 is 18.3 Å². The van der Waals surface area contributed by atoms with Gasteiger partial charge in [0.2, 0.25) is 0 Å². The second-order valence-electron chi connectivity index (χ2n) is 6.89. The van der Waals surface area contributed by atoms with E-state index >= 15 is 0 Å². The van der Waals surface area contributed by atoms with E-state index in [0.717, 1.165) is 31.5 Å². The van der Waals surface area contributed by atoms with Crippen molar-refractivity contribution in [2.75, 3.05) is 5.32 Å².